The Morgan fingerprint density at radius 2 is 1.67 bits per heavy atom. The van der Waals surface area contributed by atoms with E-state index < -0.39 is 0 Å². The van der Waals surface area contributed by atoms with Gasteiger partial charge >= 0.3 is 0 Å². The van der Waals surface area contributed by atoms with Crippen LogP contribution >= 0.6 is 11.6 Å². The molecule has 0 aliphatic rings. The van der Waals surface area contributed by atoms with E-state index in [1.807, 2.05) is 19.1 Å². The second-order valence-electron chi connectivity index (χ2n) is 4.85. The molecule has 0 spiro atoms. The molecule has 0 aliphatic heterocycles. The number of aryl methyl sites for hydroxylation is 3. The van der Waals surface area contributed by atoms with Gasteiger partial charge in [0.1, 0.15) is 0 Å². The van der Waals surface area contributed by atoms with Crippen molar-refractivity contribution in [3.8, 4) is 0 Å². The number of halogens is 1. The van der Waals surface area contributed by atoms with Crippen molar-refractivity contribution in [3.05, 3.63) is 69.2 Å². The Balaban J connectivity index is 2.44. The molecule has 2 aromatic carbocycles. The highest BCUT2D eigenvalue weighted by atomic mass is 35.5. The first-order valence-electron chi connectivity index (χ1n) is 6.08. The van der Waals surface area contributed by atoms with Crippen LogP contribution in [0.3, 0.4) is 0 Å². The van der Waals surface area contributed by atoms with Crippen molar-refractivity contribution in [3.63, 3.8) is 0 Å². The van der Waals surface area contributed by atoms with Crippen LogP contribution < -0.4 is 5.73 Å². The molecule has 2 heteroatoms. The summed E-state index contributed by atoms with van der Waals surface area (Å²) in [5, 5.41) is 0.784. The zero-order valence-electron chi connectivity index (χ0n) is 11.0. The van der Waals surface area contributed by atoms with Crippen molar-refractivity contribution in [2.75, 3.05) is 0 Å². The standard InChI is InChI=1S/C16H18ClN/c1-10-4-5-11(2)14(8-10)16(18)13-6-7-15(17)12(3)9-13/h4-9,16H,18H2,1-3H3. The van der Waals surface area contributed by atoms with Gasteiger partial charge in [-0.25, -0.2) is 0 Å². The van der Waals surface area contributed by atoms with Crippen LogP contribution in [0, 0.1) is 20.8 Å². The largest absolute Gasteiger partial charge is 0.320 e. The second kappa shape index (κ2) is 5.13. The van der Waals surface area contributed by atoms with E-state index in [0.29, 0.717) is 0 Å². The fourth-order valence-corrected chi connectivity index (χ4v) is 2.25. The normalized spacial score (nSPS) is 12.5. The lowest BCUT2D eigenvalue weighted by molar-refractivity contribution is 0.858. The Hall–Kier alpha value is -1.31. The van der Waals surface area contributed by atoms with E-state index in [1.165, 1.54) is 16.7 Å². The van der Waals surface area contributed by atoms with Crippen LogP contribution in [0.25, 0.3) is 0 Å². The Morgan fingerprint density at radius 1 is 0.944 bits per heavy atom. The van der Waals surface area contributed by atoms with Crippen molar-refractivity contribution in [1.82, 2.24) is 0 Å². The molecule has 0 heterocycles. The number of hydrogen-bond donors (Lipinski definition) is 1. The SMILES string of the molecule is Cc1ccc(C)c(C(N)c2ccc(Cl)c(C)c2)c1. The molecular formula is C16H18ClN. The van der Waals surface area contributed by atoms with Crippen LogP contribution in [0.5, 0.6) is 0 Å². The molecule has 1 unspecified atom stereocenters. The van der Waals surface area contributed by atoms with Gasteiger partial charge in [0.15, 0.2) is 0 Å². The van der Waals surface area contributed by atoms with Crippen LogP contribution in [-0.2, 0) is 0 Å². The summed E-state index contributed by atoms with van der Waals surface area (Å²) in [5.74, 6) is 0. The molecule has 2 N–H and O–H groups in total. The first kappa shape index (κ1) is 13.1. The number of benzene rings is 2. The fourth-order valence-electron chi connectivity index (χ4n) is 2.14. The predicted molar refractivity (Wildman–Crippen MR) is 78.1 cm³/mol. The Kier molecular flexibility index (Phi) is 3.74. The first-order chi connectivity index (χ1) is 8.49. The van der Waals surface area contributed by atoms with Crippen molar-refractivity contribution >= 4 is 11.6 Å². The van der Waals surface area contributed by atoms with E-state index in [2.05, 4.69) is 38.1 Å². The highest BCUT2D eigenvalue weighted by Crippen LogP contribution is 2.26. The molecule has 1 atom stereocenters. The van der Waals surface area contributed by atoms with Gasteiger partial charge in [-0.05, 0) is 49.1 Å². The van der Waals surface area contributed by atoms with E-state index in [0.717, 1.165) is 16.1 Å². The van der Waals surface area contributed by atoms with Crippen molar-refractivity contribution < 1.29 is 0 Å². The van der Waals surface area contributed by atoms with Crippen LogP contribution in [0.1, 0.15) is 33.9 Å². The van der Waals surface area contributed by atoms with Crippen LogP contribution in [-0.4, -0.2) is 0 Å². The van der Waals surface area contributed by atoms with Gasteiger partial charge in [0.2, 0.25) is 0 Å². The van der Waals surface area contributed by atoms with E-state index >= 15 is 0 Å². The average molecular weight is 260 g/mol. The molecule has 0 aliphatic carbocycles. The van der Waals surface area contributed by atoms with E-state index in [9.17, 15) is 0 Å². The number of hydrogen-bond acceptors (Lipinski definition) is 1. The number of rotatable bonds is 2. The van der Waals surface area contributed by atoms with Gasteiger partial charge < -0.3 is 5.73 Å². The Morgan fingerprint density at radius 3 is 2.33 bits per heavy atom. The van der Waals surface area contributed by atoms with Crippen molar-refractivity contribution in [2.45, 2.75) is 26.8 Å². The summed E-state index contributed by atoms with van der Waals surface area (Å²) in [6.07, 6.45) is 0. The van der Waals surface area contributed by atoms with Gasteiger partial charge in [-0.1, -0.05) is 47.5 Å². The minimum absolute atomic E-state index is 0.0964. The Bertz CT molecular complexity index is 575. The molecule has 0 radical (unpaired) electrons. The second-order valence-corrected chi connectivity index (χ2v) is 5.25. The van der Waals surface area contributed by atoms with Crippen LogP contribution in [0.4, 0.5) is 0 Å². The highest BCUT2D eigenvalue weighted by molar-refractivity contribution is 6.31. The van der Waals surface area contributed by atoms with E-state index in [4.69, 9.17) is 17.3 Å². The number of nitrogens with two attached hydrogens (primary N) is 1. The summed E-state index contributed by atoms with van der Waals surface area (Å²) < 4.78 is 0. The molecule has 0 saturated carbocycles. The van der Waals surface area contributed by atoms with Gasteiger partial charge in [-0.15, -0.1) is 0 Å². The summed E-state index contributed by atoms with van der Waals surface area (Å²) in [7, 11) is 0. The molecule has 0 bridgehead atoms. The van der Waals surface area contributed by atoms with Gasteiger partial charge in [0, 0.05) is 5.02 Å². The maximum absolute atomic E-state index is 6.36. The predicted octanol–water partition coefficient (Wildman–Crippen LogP) is 4.31. The lowest BCUT2D eigenvalue weighted by atomic mass is 9.93. The van der Waals surface area contributed by atoms with Gasteiger partial charge in [0.25, 0.3) is 0 Å². The highest BCUT2D eigenvalue weighted by Gasteiger charge is 2.12. The third kappa shape index (κ3) is 2.58. The molecule has 0 fully saturated rings. The minimum Gasteiger partial charge on any atom is -0.320 e. The molecule has 0 saturated heterocycles. The summed E-state index contributed by atoms with van der Waals surface area (Å²) in [6.45, 7) is 6.18. The molecule has 94 valence electrons. The molecule has 0 amide bonds. The third-order valence-electron chi connectivity index (χ3n) is 3.31. The molecule has 0 aromatic heterocycles. The molecule has 18 heavy (non-hydrogen) atoms. The first-order valence-corrected chi connectivity index (χ1v) is 6.45. The summed E-state index contributed by atoms with van der Waals surface area (Å²) in [4.78, 5) is 0. The summed E-state index contributed by atoms with van der Waals surface area (Å²) in [6, 6.07) is 12.3. The van der Waals surface area contributed by atoms with E-state index in [-0.39, 0.29) is 6.04 Å². The molecule has 1 nitrogen and oxygen atoms in total. The lowest BCUT2D eigenvalue weighted by Gasteiger charge is -2.17. The quantitative estimate of drug-likeness (QED) is 0.854. The lowest BCUT2D eigenvalue weighted by Crippen LogP contribution is -2.13. The minimum atomic E-state index is -0.0964. The van der Waals surface area contributed by atoms with Gasteiger partial charge in [-0.3, -0.25) is 0 Å². The topological polar surface area (TPSA) is 26.0 Å². The third-order valence-corrected chi connectivity index (χ3v) is 3.73. The summed E-state index contributed by atoms with van der Waals surface area (Å²) in [5.41, 5.74) is 12.2. The Labute approximate surface area is 114 Å². The van der Waals surface area contributed by atoms with E-state index in [1.54, 1.807) is 0 Å². The zero-order valence-corrected chi connectivity index (χ0v) is 11.8. The maximum Gasteiger partial charge on any atom is 0.0554 e. The smallest absolute Gasteiger partial charge is 0.0554 e. The van der Waals surface area contributed by atoms with Crippen LogP contribution in [0.2, 0.25) is 5.02 Å². The van der Waals surface area contributed by atoms with Crippen LogP contribution in [0.15, 0.2) is 36.4 Å². The molecule has 2 aromatic rings. The fraction of sp³-hybridized carbons (Fsp3) is 0.250. The monoisotopic (exact) mass is 259 g/mol. The zero-order chi connectivity index (χ0) is 13.3. The van der Waals surface area contributed by atoms with Gasteiger partial charge in [-0.2, -0.15) is 0 Å². The van der Waals surface area contributed by atoms with Gasteiger partial charge in [0.05, 0.1) is 6.04 Å². The maximum atomic E-state index is 6.36. The van der Waals surface area contributed by atoms with Crippen molar-refractivity contribution in [1.29, 1.82) is 0 Å². The van der Waals surface area contributed by atoms with Crippen molar-refractivity contribution in [2.24, 2.45) is 5.73 Å². The molecular weight excluding hydrogens is 242 g/mol. The molecule has 2 rings (SSSR count). The average Bonchev–Trinajstić information content (AvgIpc) is 2.35. The summed E-state index contributed by atoms with van der Waals surface area (Å²) >= 11 is 6.05.